The van der Waals surface area contributed by atoms with E-state index in [9.17, 15) is 22.8 Å². The molecule has 4 aromatic rings. The highest BCUT2D eigenvalue weighted by Gasteiger charge is 2.43. The zero-order chi connectivity index (χ0) is 29.3. The Morgan fingerprint density at radius 2 is 1.17 bits per heavy atom. The number of hydrogen-bond acceptors (Lipinski definition) is 6. The largest absolute Gasteiger partial charge is 0.377 e. The van der Waals surface area contributed by atoms with Gasteiger partial charge in [-0.3, -0.25) is 9.59 Å². The van der Waals surface area contributed by atoms with Gasteiger partial charge in [-0.1, -0.05) is 54.1 Å². The molecule has 0 aromatic heterocycles. The van der Waals surface area contributed by atoms with Crippen molar-refractivity contribution in [2.45, 2.75) is 11.8 Å². The molecule has 4 amide bonds. The van der Waals surface area contributed by atoms with E-state index in [0.29, 0.717) is 16.9 Å². The van der Waals surface area contributed by atoms with Gasteiger partial charge in [-0.2, -0.15) is 8.42 Å². The summed E-state index contributed by atoms with van der Waals surface area (Å²) in [7, 11) is -4.15. The van der Waals surface area contributed by atoms with Crippen LogP contribution in [0.15, 0.2) is 116 Å². The van der Waals surface area contributed by atoms with Gasteiger partial charge in [-0.25, -0.2) is 14.6 Å². The van der Waals surface area contributed by atoms with Crippen LogP contribution in [0.25, 0.3) is 6.08 Å². The Morgan fingerprint density at radius 3 is 1.63 bits per heavy atom. The molecular formula is C30H20Br2N2O6S. The van der Waals surface area contributed by atoms with Crippen molar-refractivity contribution in [3.63, 3.8) is 0 Å². The summed E-state index contributed by atoms with van der Waals surface area (Å²) in [5, 5.41) is 0. The zero-order valence-corrected chi connectivity index (χ0v) is 25.3. The van der Waals surface area contributed by atoms with Crippen LogP contribution in [0, 0.1) is 6.92 Å². The van der Waals surface area contributed by atoms with Crippen molar-refractivity contribution in [3.8, 4) is 5.75 Å². The first-order valence-electron chi connectivity index (χ1n) is 12.1. The summed E-state index contributed by atoms with van der Waals surface area (Å²) in [5.74, 6) is -1.61. The molecule has 0 aliphatic carbocycles. The van der Waals surface area contributed by atoms with Gasteiger partial charge in [-0.05, 0) is 99.0 Å². The Hall–Kier alpha value is -4.06. The SMILES string of the molecule is Cc1ccc(S(=O)(=O)Oc2c(Br)cc(C=C3C(=O)N(c4ccccc4)C(=O)N(c4ccccc4)C3=O)cc2Br)cc1. The van der Waals surface area contributed by atoms with Crippen LogP contribution in [0.4, 0.5) is 16.2 Å². The molecule has 206 valence electrons. The number of aryl methyl sites for hydroxylation is 1. The van der Waals surface area contributed by atoms with Gasteiger partial charge in [0.25, 0.3) is 11.8 Å². The minimum absolute atomic E-state index is 0.0129. The van der Waals surface area contributed by atoms with E-state index >= 15 is 0 Å². The minimum Gasteiger partial charge on any atom is -0.377 e. The average molecular weight is 696 g/mol. The lowest BCUT2D eigenvalue weighted by molar-refractivity contribution is -0.121. The van der Waals surface area contributed by atoms with Gasteiger partial charge in [0.15, 0.2) is 5.75 Å². The average Bonchev–Trinajstić information content (AvgIpc) is 2.94. The quantitative estimate of drug-likeness (QED) is 0.124. The predicted octanol–water partition coefficient (Wildman–Crippen LogP) is 6.87. The van der Waals surface area contributed by atoms with Crippen molar-refractivity contribution in [2.75, 3.05) is 9.80 Å². The minimum atomic E-state index is -4.15. The molecule has 0 bridgehead atoms. The standard InChI is InChI=1S/C30H20Br2N2O6S/c1-19-12-14-23(15-13-19)41(38,39)40-27-25(31)17-20(18-26(27)32)16-24-28(35)33(21-8-4-2-5-9-21)30(37)34(29(24)36)22-10-6-3-7-11-22/h2-18H,1H3. The van der Waals surface area contributed by atoms with Crippen LogP contribution < -0.4 is 14.0 Å². The summed E-state index contributed by atoms with van der Waals surface area (Å²) >= 11 is 6.69. The fourth-order valence-corrected chi connectivity index (χ4v) is 6.67. The summed E-state index contributed by atoms with van der Waals surface area (Å²) in [4.78, 5) is 42.5. The first kappa shape index (κ1) is 28.5. The zero-order valence-electron chi connectivity index (χ0n) is 21.3. The topological polar surface area (TPSA) is 101 Å². The number of carbonyl (C=O) groups is 3. The summed E-state index contributed by atoms with van der Waals surface area (Å²) < 4.78 is 31.6. The van der Waals surface area contributed by atoms with Crippen molar-refractivity contribution < 1.29 is 27.0 Å². The maximum atomic E-state index is 13.6. The predicted molar refractivity (Wildman–Crippen MR) is 162 cm³/mol. The van der Waals surface area contributed by atoms with E-state index in [1.165, 1.54) is 30.3 Å². The molecule has 8 nitrogen and oxygen atoms in total. The molecule has 0 saturated carbocycles. The van der Waals surface area contributed by atoms with Crippen LogP contribution in [0.3, 0.4) is 0 Å². The molecule has 0 radical (unpaired) electrons. The number of benzene rings is 4. The normalized spacial score (nSPS) is 13.9. The second-order valence-corrected chi connectivity index (χ2v) is 12.2. The summed E-state index contributed by atoms with van der Waals surface area (Å²) in [6.45, 7) is 1.84. The molecule has 1 aliphatic rings. The number of urea groups is 1. The van der Waals surface area contributed by atoms with E-state index in [0.717, 1.165) is 15.4 Å². The van der Waals surface area contributed by atoms with E-state index in [-0.39, 0.29) is 25.2 Å². The van der Waals surface area contributed by atoms with Gasteiger partial charge >= 0.3 is 16.1 Å². The Balaban J connectivity index is 1.55. The summed E-state index contributed by atoms with van der Waals surface area (Å²) in [5.41, 5.74) is 1.60. The number of anilines is 2. The number of hydrogen-bond donors (Lipinski definition) is 0. The van der Waals surface area contributed by atoms with Crippen LogP contribution in [0.2, 0.25) is 0 Å². The van der Waals surface area contributed by atoms with Crippen LogP contribution in [-0.2, 0) is 19.7 Å². The smallest absolute Gasteiger partial charge is 0.343 e. The number of carbonyl (C=O) groups excluding carboxylic acids is 3. The molecule has 0 atom stereocenters. The fourth-order valence-electron chi connectivity index (χ4n) is 4.11. The van der Waals surface area contributed by atoms with Crippen molar-refractivity contribution in [2.24, 2.45) is 0 Å². The van der Waals surface area contributed by atoms with E-state index < -0.39 is 28.0 Å². The molecule has 1 saturated heterocycles. The maximum absolute atomic E-state index is 13.6. The fraction of sp³-hybridized carbons (Fsp3) is 0.0333. The molecular weight excluding hydrogens is 676 g/mol. The lowest BCUT2D eigenvalue weighted by Crippen LogP contribution is -2.57. The second kappa shape index (κ2) is 11.4. The molecule has 4 aromatic carbocycles. The third-order valence-corrected chi connectivity index (χ3v) is 8.53. The monoisotopic (exact) mass is 694 g/mol. The second-order valence-electron chi connectivity index (χ2n) is 8.96. The lowest BCUT2D eigenvalue weighted by atomic mass is 10.0. The third kappa shape index (κ3) is 5.74. The molecule has 41 heavy (non-hydrogen) atoms. The Morgan fingerprint density at radius 1 is 0.707 bits per heavy atom. The molecule has 1 fully saturated rings. The molecule has 0 unspecified atom stereocenters. The molecule has 0 spiro atoms. The van der Waals surface area contributed by atoms with Crippen LogP contribution in [0.1, 0.15) is 11.1 Å². The molecule has 1 heterocycles. The van der Waals surface area contributed by atoms with Gasteiger partial charge in [-0.15, -0.1) is 0 Å². The van der Waals surface area contributed by atoms with Crippen molar-refractivity contribution >= 4 is 77.3 Å². The number of barbiturate groups is 1. The van der Waals surface area contributed by atoms with E-state index in [2.05, 4.69) is 31.9 Å². The van der Waals surface area contributed by atoms with E-state index in [4.69, 9.17) is 4.18 Å². The number of halogens is 2. The van der Waals surface area contributed by atoms with E-state index in [1.54, 1.807) is 72.8 Å². The Labute approximate surface area is 253 Å². The highest BCUT2D eigenvalue weighted by Crippen LogP contribution is 2.38. The first-order chi connectivity index (χ1) is 19.6. The number of nitrogens with zero attached hydrogens (tertiary/aromatic N) is 2. The van der Waals surface area contributed by atoms with Crippen molar-refractivity contribution in [3.05, 3.63) is 123 Å². The van der Waals surface area contributed by atoms with Gasteiger partial charge in [0.1, 0.15) is 10.5 Å². The van der Waals surface area contributed by atoms with Crippen molar-refractivity contribution in [1.29, 1.82) is 0 Å². The number of imide groups is 2. The van der Waals surface area contributed by atoms with Gasteiger partial charge in [0.05, 0.1) is 20.3 Å². The Kier molecular flexibility index (Phi) is 7.94. The van der Waals surface area contributed by atoms with Gasteiger partial charge < -0.3 is 4.18 Å². The molecule has 5 rings (SSSR count). The molecule has 11 heteroatoms. The lowest BCUT2D eigenvalue weighted by Gasteiger charge is -2.33. The highest BCUT2D eigenvalue weighted by atomic mass is 79.9. The summed E-state index contributed by atoms with van der Waals surface area (Å²) in [6.07, 6.45) is 1.34. The van der Waals surface area contributed by atoms with Crippen LogP contribution in [0.5, 0.6) is 5.75 Å². The molecule has 1 aliphatic heterocycles. The number of para-hydroxylation sites is 2. The van der Waals surface area contributed by atoms with Crippen molar-refractivity contribution in [1.82, 2.24) is 0 Å². The summed E-state index contributed by atoms with van der Waals surface area (Å²) in [6, 6.07) is 25.0. The first-order valence-corrected chi connectivity index (χ1v) is 15.1. The van der Waals surface area contributed by atoms with E-state index in [1.807, 2.05) is 6.92 Å². The maximum Gasteiger partial charge on any atom is 0.343 e. The Bertz CT molecular complexity index is 1720. The molecule has 0 N–H and O–H groups in total. The third-order valence-electron chi connectivity index (χ3n) is 6.11. The number of amides is 4. The number of rotatable bonds is 6. The van der Waals surface area contributed by atoms with Crippen LogP contribution in [-0.4, -0.2) is 26.3 Å². The van der Waals surface area contributed by atoms with Crippen LogP contribution >= 0.6 is 31.9 Å². The highest BCUT2D eigenvalue weighted by molar-refractivity contribution is 9.11. The van der Waals surface area contributed by atoms with Gasteiger partial charge in [0.2, 0.25) is 0 Å². The van der Waals surface area contributed by atoms with Gasteiger partial charge in [0, 0.05) is 0 Å².